The van der Waals surface area contributed by atoms with E-state index < -0.39 is 0 Å². The Morgan fingerprint density at radius 2 is 2.07 bits per heavy atom. The van der Waals surface area contributed by atoms with Crippen molar-refractivity contribution in [1.82, 2.24) is 4.90 Å². The van der Waals surface area contributed by atoms with Gasteiger partial charge in [0, 0.05) is 32.5 Å². The Labute approximate surface area is 97.7 Å². The summed E-state index contributed by atoms with van der Waals surface area (Å²) in [5.74, 6) is 1.23. The summed E-state index contributed by atoms with van der Waals surface area (Å²) in [6.45, 7) is 6.06. The Kier molecular flexibility index (Phi) is 8.82. The van der Waals surface area contributed by atoms with Crippen LogP contribution in [0.3, 0.4) is 0 Å². The molecule has 90 valence electrons. The van der Waals surface area contributed by atoms with Crippen LogP contribution in [-0.2, 0) is 9.53 Å². The summed E-state index contributed by atoms with van der Waals surface area (Å²) in [6, 6.07) is 0. The third kappa shape index (κ3) is 7.63. The number of carbonyl (C=O) groups is 1. The van der Waals surface area contributed by atoms with Gasteiger partial charge in [-0.2, -0.15) is 0 Å². The summed E-state index contributed by atoms with van der Waals surface area (Å²) in [6.07, 6.45) is 1.54. The lowest BCUT2D eigenvalue weighted by atomic mass is 10.1. The first-order valence-electron chi connectivity index (χ1n) is 5.44. The topological polar surface area (TPSA) is 29.5 Å². The van der Waals surface area contributed by atoms with Gasteiger partial charge < -0.3 is 9.64 Å². The molecule has 1 amide bonds. The average molecular weight is 236 g/mol. The molecule has 0 radical (unpaired) electrons. The fourth-order valence-corrected chi connectivity index (χ4v) is 1.44. The monoisotopic (exact) mass is 235 g/mol. The smallest absolute Gasteiger partial charge is 0.222 e. The third-order valence-corrected chi connectivity index (χ3v) is 2.38. The Morgan fingerprint density at radius 1 is 1.40 bits per heavy atom. The van der Waals surface area contributed by atoms with Crippen LogP contribution >= 0.6 is 11.6 Å². The zero-order chi connectivity index (χ0) is 11.7. The average Bonchev–Trinajstić information content (AvgIpc) is 2.20. The Bertz CT molecular complexity index is 174. The third-order valence-electron chi connectivity index (χ3n) is 2.21. The molecular weight excluding hydrogens is 214 g/mol. The van der Waals surface area contributed by atoms with E-state index in [1.807, 2.05) is 0 Å². The number of methoxy groups -OCH3 is 1. The van der Waals surface area contributed by atoms with E-state index in [4.69, 9.17) is 16.3 Å². The van der Waals surface area contributed by atoms with E-state index in [1.165, 1.54) is 0 Å². The standard InChI is InChI=1S/C11H22ClNO2/c1-10(2)4-5-11(14)13(7-6-12)8-9-15-3/h10H,4-9H2,1-3H3. The Hall–Kier alpha value is -0.280. The van der Waals surface area contributed by atoms with E-state index in [0.717, 1.165) is 6.42 Å². The lowest BCUT2D eigenvalue weighted by Gasteiger charge is -2.21. The number of halogens is 1. The number of ether oxygens (including phenoxy) is 1. The summed E-state index contributed by atoms with van der Waals surface area (Å²) in [5, 5.41) is 0. The van der Waals surface area contributed by atoms with E-state index in [0.29, 0.717) is 37.9 Å². The predicted octanol–water partition coefficient (Wildman–Crippen LogP) is 2.14. The molecule has 0 N–H and O–H groups in total. The van der Waals surface area contributed by atoms with Crippen molar-refractivity contribution in [2.45, 2.75) is 26.7 Å². The molecule has 4 heteroatoms. The fourth-order valence-electron chi connectivity index (χ4n) is 1.23. The first-order valence-corrected chi connectivity index (χ1v) is 5.98. The number of nitrogens with zero attached hydrogens (tertiary/aromatic N) is 1. The highest BCUT2D eigenvalue weighted by Gasteiger charge is 2.12. The molecule has 0 aromatic carbocycles. The largest absolute Gasteiger partial charge is 0.383 e. The van der Waals surface area contributed by atoms with E-state index in [-0.39, 0.29) is 5.91 Å². The number of amides is 1. The molecule has 0 saturated carbocycles. The first-order chi connectivity index (χ1) is 7.11. The van der Waals surface area contributed by atoms with Crippen LogP contribution in [0.4, 0.5) is 0 Å². The molecule has 0 atom stereocenters. The summed E-state index contributed by atoms with van der Waals surface area (Å²) >= 11 is 5.65. The van der Waals surface area contributed by atoms with Crippen LogP contribution in [0.2, 0.25) is 0 Å². The molecule has 0 saturated heterocycles. The summed E-state index contributed by atoms with van der Waals surface area (Å²) in [5.41, 5.74) is 0. The van der Waals surface area contributed by atoms with Crippen LogP contribution in [0.1, 0.15) is 26.7 Å². The van der Waals surface area contributed by atoms with Crippen molar-refractivity contribution < 1.29 is 9.53 Å². The van der Waals surface area contributed by atoms with Crippen molar-refractivity contribution in [3.8, 4) is 0 Å². The fraction of sp³-hybridized carbons (Fsp3) is 0.909. The Balaban J connectivity index is 3.92. The normalized spacial score (nSPS) is 10.7. The van der Waals surface area contributed by atoms with Crippen molar-refractivity contribution in [1.29, 1.82) is 0 Å². The van der Waals surface area contributed by atoms with Gasteiger partial charge in [-0.05, 0) is 12.3 Å². The van der Waals surface area contributed by atoms with E-state index >= 15 is 0 Å². The zero-order valence-corrected chi connectivity index (χ0v) is 10.7. The van der Waals surface area contributed by atoms with E-state index in [2.05, 4.69) is 13.8 Å². The van der Waals surface area contributed by atoms with E-state index in [1.54, 1.807) is 12.0 Å². The van der Waals surface area contributed by atoms with Crippen LogP contribution in [-0.4, -0.2) is 43.5 Å². The van der Waals surface area contributed by atoms with Crippen molar-refractivity contribution >= 4 is 17.5 Å². The number of alkyl halides is 1. The van der Waals surface area contributed by atoms with Gasteiger partial charge in [0.05, 0.1) is 6.61 Å². The van der Waals surface area contributed by atoms with Crippen LogP contribution in [0.25, 0.3) is 0 Å². The predicted molar refractivity (Wildman–Crippen MR) is 63.2 cm³/mol. The molecule has 0 aromatic heterocycles. The highest BCUT2D eigenvalue weighted by molar-refractivity contribution is 6.18. The summed E-state index contributed by atoms with van der Waals surface area (Å²) in [7, 11) is 1.64. The second kappa shape index (κ2) is 8.98. The molecule has 0 fully saturated rings. The van der Waals surface area contributed by atoms with Gasteiger partial charge in [-0.25, -0.2) is 0 Å². The quantitative estimate of drug-likeness (QED) is 0.604. The van der Waals surface area contributed by atoms with Crippen molar-refractivity contribution in [3.05, 3.63) is 0 Å². The molecule has 0 spiro atoms. The minimum absolute atomic E-state index is 0.182. The van der Waals surface area contributed by atoms with Gasteiger partial charge in [0.15, 0.2) is 0 Å². The van der Waals surface area contributed by atoms with Gasteiger partial charge in [0.1, 0.15) is 0 Å². The molecule has 15 heavy (non-hydrogen) atoms. The summed E-state index contributed by atoms with van der Waals surface area (Å²) in [4.78, 5) is 13.5. The number of hydrogen-bond acceptors (Lipinski definition) is 2. The maximum atomic E-state index is 11.8. The number of carbonyl (C=O) groups excluding carboxylic acids is 1. The van der Waals surface area contributed by atoms with Crippen LogP contribution in [0.15, 0.2) is 0 Å². The molecule has 3 nitrogen and oxygen atoms in total. The minimum atomic E-state index is 0.182. The second-order valence-electron chi connectivity index (χ2n) is 4.00. The molecule has 0 aromatic rings. The lowest BCUT2D eigenvalue weighted by Crippen LogP contribution is -2.35. The molecule has 0 aliphatic heterocycles. The van der Waals surface area contributed by atoms with Gasteiger partial charge in [-0.3, -0.25) is 4.79 Å². The molecule has 0 heterocycles. The van der Waals surface area contributed by atoms with Crippen molar-refractivity contribution in [3.63, 3.8) is 0 Å². The van der Waals surface area contributed by atoms with Gasteiger partial charge in [-0.1, -0.05) is 13.8 Å². The molecule has 0 aliphatic rings. The van der Waals surface area contributed by atoms with Gasteiger partial charge in [0.2, 0.25) is 5.91 Å². The van der Waals surface area contributed by atoms with Crippen molar-refractivity contribution in [2.75, 3.05) is 32.7 Å². The zero-order valence-electron chi connectivity index (χ0n) is 9.96. The lowest BCUT2D eigenvalue weighted by molar-refractivity contribution is -0.131. The highest BCUT2D eigenvalue weighted by atomic mass is 35.5. The molecular formula is C11H22ClNO2. The summed E-state index contributed by atoms with van der Waals surface area (Å²) < 4.78 is 4.96. The first kappa shape index (κ1) is 14.7. The van der Waals surface area contributed by atoms with Crippen LogP contribution in [0.5, 0.6) is 0 Å². The van der Waals surface area contributed by atoms with E-state index in [9.17, 15) is 4.79 Å². The molecule has 0 unspecified atom stereocenters. The van der Waals surface area contributed by atoms with Gasteiger partial charge >= 0.3 is 0 Å². The van der Waals surface area contributed by atoms with Crippen molar-refractivity contribution in [2.24, 2.45) is 5.92 Å². The van der Waals surface area contributed by atoms with Gasteiger partial charge in [-0.15, -0.1) is 11.6 Å². The highest BCUT2D eigenvalue weighted by Crippen LogP contribution is 2.06. The number of rotatable bonds is 8. The maximum absolute atomic E-state index is 11.8. The van der Waals surface area contributed by atoms with Gasteiger partial charge in [0.25, 0.3) is 0 Å². The second-order valence-corrected chi connectivity index (χ2v) is 4.37. The maximum Gasteiger partial charge on any atom is 0.222 e. The molecule has 0 aliphatic carbocycles. The van der Waals surface area contributed by atoms with Crippen LogP contribution in [0, 0.1) is 5.92 Å². The van der Waals surface area contributed by atoms with Crippen LogP contribution < -0.4 is 0 Å². The molecule has 0 rings (SSSR count). The SMILES string of the molecule is COCCN(CCCl)C(=O)CCC(C)C. The molecule has 0 bridgehead atoms. The minimum Gasteiger partial charge on any atom is -0.383 e. The number of hydrogen-bond donors (Lipinski definition) is 0. The Morgan fingerprint density at radius 3 is 2.53 bits per heavy atom.